The molecule has 1 unspecified atom stereocenters. The molecule has 0 aromatic heterocycles. The number of rotatable bonds is 8. The minimum Gasteiger partial charge on any atom is -0.396 e. The summed E-state index contributed by atoms with van der Waals surface area (Å²) in [6.07, 6.45) is 1.76. The molecule has 1 rings (SSSR count). The highest BCUT2D eigenvalue weighted by Crippen LogP contribution is 2.13. The Labute approximate surface area is 119 Å². The van der Waals surface area contributed by atoms with Crippen molar-refractivity contribution in [3.63, 3.8) is 0 Å². The lowest BCUT2D eigenvalue weighted by Crippen LogP contribution is -2.32. The number of hydrogen-bond donors (Lipinski definition) is 3. The molecule has 0 radical (unpaired) electrons. The average Bonchev–Trinajstić information content (AvgIpc) is 2.40. The van der Waals surface area contributed by atoms with Crippen molar-refractivity contribution in [1.29, 1.82) is 0 Å². The fraction of sp³-hybridized carbons (Fsp3) is 0.500. The number of halogens is 1. The van der Waals surface area contributed by atoms with E-state index in [0.717, 1.165) is 25.1 Å². The first-order valence-electron chi connectivity index (χ1n) is 6.52. The molecule has 0 aliphatic rings. The minimum absolute atomic E-state index is 0.0822. The van der Waals surface area contributed by atoms with Gasteiger partial charge in [0, 0.05) is 17.3 Å². The monoisotopic (exact) mass is 284 g/mol. The number of aliphatic hydroxyl groups excluding tert-OH is 1. The molecule has 4 nitrogen and oxygen atoms in total. The average molecular weight is 285 g/mol. The van der Waals surface area contributed by atoms with Crippen LogP contribution in [0.2, 0.25) is 5.02 Å². The number of aliphatic hydroxyl groups is 1. The van der Waals surface area contributed by atoms with Crippen molar-refractivity contribution < 1.29 is 9.90 Å². The largest absolute Gasteiger partial charge is 0.396 e. The van der Waals surface area contributed by atoms with Crippen LogP contribution in [0.4, 0.5) is 5.69 Å². The van der Waals surface area contributed by atoms with Gasteiger partial charge in [0.2, 0.25) is 5.91 Å². The summed E-state index contributed by atoms with van der Waals surface area (Å²) in [7, 11) is 0. The number of hydrogen-bond acceptors (Lipinski definition) is 3. The van der Waals surface area contributed by atoms with E-state index in [4.69, 9.17) is 16.7 Å². The van der Waals surface area contributed by atoms with E-state index in [2.05, 4.69) is 17.6 Å². The van der Waals surface area contributed by atoms with E-state index in [9.17, 15) is 4.79 Å². The van der Waals surface area contributed by atoms with Crippen LogP contribution in [-0.4, -0.2) is 30.7 Å². The Hall–Kier alpha value is -1.10. The van der Waals surface area contributed by atoms with Crippen molar-refractivity contribution in [2.24, 2.45) is 5.92 Å². The maximum Gasteiger partial charge on any atom is 0.238 e. The standard InChI is InChI=1S/C14H21ClN2O2/c1-2-11(7-8-18)9-16-10-14(19)17-13-5-3-12(15)4-6-13/h3-6,11,16,18H,2,7-10H2,1H3,(H,17,19). The number of amides is 1. The first-order chi connectivity index (χ1) is 9.15. The molecular formula is C14H21ClN2O2. The number of anilines is 1. The van der Waals surface area contributed by atoms with E-state index in [1.807, 2.05) is 0 Å². The van der Waals surface area contributed by atoms with Crippen molar-refractivity contribution in [2.45, 2.75) is 19.8 Å². The summed E-state index contributed by atoms with van der Waals surface area (Å²) in [6, 6.07) is 7.00. The predicted octanol–water partition coefficient (Wildman–Crippen LogP) is 2.28. The van der Waals surface area contributed by atoms with Crippen molar-refractivity contribution in [3.8, 4) is 0 Å². The van der Waals surface area contributed by atoms with Crippen LogP contribution in [-0.2, 0) is 4.79 Å². The second kappa shape index (κ2) is 8.91. The molecule has 5 heteroatoms. The summed E-state index contributed by atoms with van der Waals surface area (Å²) in [4.78, 5) is 11.7. The molecule has 0 heterocycles. The third kappa shape index (κ3) is 6.57. The van der Waals surface area contributed by atoms with Crippen LogP contribution in [0.3, 0.4) is 0 Å². The van der Waals surface area contributed by atoms with Crippen molar-refractivity contribution in [1.82, 2.24) is 5.32 Å². The zero-order chi connectivity index (χ0) is 14.1. The molecule has 0 aliphatic carbocycles. The molecule has 3 N–H and O–H groups in total. The van der Waals surface area contributed by atoms with Gasteiger partial charge in [0.25, 0.3) is 0 Å². The molecule has 19 heavy (non-hydrogen) atoms. The van der Waals surface area contributed by atoms with E-state index in [1.165, 1.54) is 0 Å². The predicted molar refractivity (Wildman–Crippen MR) is 78.4 cm³/mol. The molecule has 1 aromatic rings. The second-order valence-corrected chi connectivity index (χ2v) is 4.91. The van der Waals surface area contributed by atoms with Crippen LogP contribution in [0, 0.1) is 5.92 Å². The summed E-state index contributed by atoms with van der Waals surface area (Å²) in [5.41, 5.74) is 0.735. The van der Waals surface area contributed by atoms with Gasteiger partial charge in [-0.25, -0.2) is 0 Å². The van der Waals surface area contributed by atoms with Gasteiger partial charge in [-0.15, -0.1) is 0 Å². The molecule has 0 saturated heterocycles. The van der Waals surface area contributed by atoms with Gasteiger partial charge in [0.1, 0.15) is 0 Å². The summed E-state index contributed by atoms with van der Waals surface area (Å²) in [6.45, 7) is 3.28. The summed E-state index contributed by atoms with van der Waals surface area (Å²) >= 11 is 5.77. The molecule has 1 aromatic carbocycles. The summed E-state index contributed by atoms with van der Waals surface area (Å²) in [5, 5.41) is 15.4. The van der Waals surface area contributed by atoms with Crippen LogP contribution >= 0.6 is 11.6 Å². The molecule has 0 saturated carbocycles. The van der Waals surface area contributed by atoms with Gasteiger partial charge in [-0.2, -0.15) is 0 Å². The quantitative estimate of drug-likeness (QED) is 0.686. The third-order valence-electron chi connectivity index (χ3n) is 2.96. The molecule has 0 aliphatic heterocycles. The lowest BCUT2D eigenvalue weighted by atomic mass is 10.0. The Morgan fingerprint density at radius 1 is 1.37 bits per heavy atom. The number of nitrogens with one attached hydrogen (secondary N) is 2. The first kappa shape index (κ1) is 16.0. The maximum absolute atomic E-state index is 11.7. The van der Waals surface area contributed by atoms with E-state index in [1.54, 1.807) is 24.3 Å². The molecule has 106 valence electrons. The van der Waals surface area contributed by atoms with Crippen LogP contribution < -0.4 is 10.6 Å². The van der Waals surface area contributed by atoms with Gasteiger partial charge in [0.15, 0.2) is 0 Å². The van der Waals surface area contributed by atoms with E-state index in [-0.39, 0.29) is 19.1 Å². The Balaban J connectivity index is 2.26. The summed E-state index contributed by atoms with van der Waals surface area (Å²) in [5.74, 6) is 0.328. The number of carbonyl (C=O) groups is 1. The molecule has 1 atom stereocenters. The Morgan fingerprint density at radius 2 is 2.05 bits per heavy atom. The van der Waals surface area contributed by atoms with Crippen molar-refractivity contribution in [2.75, 3.05) is 25.0 Å². The van der Waals surface area contributed by atoms with Gasteiger partial charge in [-0.3, -0.25) is 4.79 Å². The van der Waals surface area contributed by atoms with Gasteiger partial charge < -0.3 is 15.7 Å². The number of carbonyl (C=O) groups excluding carboxylic acids is 1. The van der Waals surface area contributed by atoms with Crippen LogP contribution in [0.5, 0.6) is 0 Å². The number of benzene rings is 1. The highest BCUT2D eigenvalue weighted by atomic mass is 35.5. The molecular weight excluding hydrogens is 264 g/mol. The summed E-state index contributed by atoms with van der Waals surface area (Å²) < 4.78 is 0. The zero-order valence-electron chi connectivity index (χ0n) is 11.2. The Kier molecular flexibility index (Phi) is 7.48. The van der Waals surface area contributed by atoms with Crippen LogP contribution in [0.25, 0.3) is 0 Å². The Bertz CT molecular complexity index is 382. The van der Waals surface area contributed by atoms with Gasteiger partial charge in [0.05, 0.1) is 6.54 Å². The highest BCUT2D eigenvalue weighted by Gasteiger charge is 2.07. The lowest BCUT2D eigenvalue weighted by molar-refractivity contribution is -0.115. The Morgan fingerprint density at radius 3 is 2.63 bits per heavy atom. The van der Waals surface area contributed by atoms with Gasteiger partial charge >= 0.3 is 0 Å². The fourth-order valence-corrected chi connectivity index (χ4v) is 1.89. The maximum atomic E-state index is 11.7. The fourth-order valence-electron chi connectivity index (χ4n) is 1.76. The third-order valence-corrected chi connectivity index (χ3v) is 3.21. The van der Waals surface area contributed by atoms with Gasteiger partial charge in [-0.1, -0.05) is 24.9 Å². The molecule has 0 fully saturated rings. The minimum atomic E-state index is -0.0822. The normalized spacial score (nSPS) is 12.2. The first-order valence-corrected chi connectivity index (χ1v) is 6.90. The molecule has 0 spiro atoms. The smallest absolute Gasteiger partial charge is 0.238 e. The van der Waals surface area contributed by atoms with Crippen molar-refractivity contribution in [3.05, 3.63) is 29.3 Å². The topological polar surface area (TPSA) is 61.4 Å². The van der Waals surface area contributed by atoms with E-state index >= 15 is 0 Å². The van der Waals surface area contributed by atoms with E-state index in [0.29, 0.717) is 10.9 Å². The molecule has 1 amide bonds. The van der Waals surface area contributed by atoms with Crippen LogP contribution in [0.1, 0.15) is 19.8 Å². The SMILES string of the molecule is CCC(CCO)CNCC(=O)Nc1ccc(Cl)cc1. The van der Waals surface area contributed by atoms with Gasteiger partial charge in [-0.05, 0) is 43.1 Å². The second-order valence-electron chi connectivity index (χ2n) is 4.47. The van der Waals surface area contributed by atoms with Crippen molar-refractivity contribution >= 4 is 23.2 Å². The van der Waals surface area contributed by atoms with E-state index < -0.39 is 0 Å². The highest BCUT2D eigenvalue weighted by molar-refractivity contribution is 6.30. The van der Waals surface area contributed by atoms with Crippen LogP contribution in [0.15, 0.2) is 24.3 Å². The lowest BCUT2D eigenvalue weighted by Gasteiger charge is -2.14. The molecule has 0 bridgehead atoms. The zero-order valence-corrected chi connectivity index (χ0v) is 11.9.